The van der Waals surface area contributed by atoms with E-state index in [4.69, 9.17) is 5.11 Å². The molecule has 4 N–H and O–H groups in total. The van der Waals surface area contributed by atoms with Gasteiger partial charge in [0.05, 0.1) is 11.3 Å². The Kier molecular flexibility index (Phi) is 9.63. The molecule has 0 aliphatic heterocycles. The molecule has 0 unspecified atom stereocenters. The van der Waals surface area contributed by atoms with Crippen molar-refractivity contribution < 1.29 is 28.7 Å². The first-order valence-corrected chi connectivity index (χ1v) is 13.3. The van der Waals surface area contributed by atoms with E-state index in [9.17, 15) is 23.6 Å². The number of rotatable bonds is 10. The molecule has 0 bridgehead atoms. The summed E-state index contributed by atoms with van der Waals surface area (Å²) in [5, 5.41) is 17.0. The summed E-state index contributed by atoms with van der Waals surface area (Å²) in [4.78, 5) is 50.0. The molecule has 0 saturated carbocycles. The van der Waals surface area contributed by atoms with Gasteiger partial charge in [-0.3, -0.25) is 14.4 Å². The molecule has 8 nitrogen and oxygen atoms in total. The maximum Gasteiger partial charge on any atom is 0.335 e. The molecule has 0 aliphatic rings. The monoisotopic (exact) mass is 569 g/mol. The fourth-order valence-electron chi connectivity index (χ4n) is 3.59. The number of carboxylic acids is 1. The van der Waals surface area contributed by atoms with E-state index in [1.54, 1.807) is 60.7 Å². The summed E-state index contributed by atoms with van der Waals surface area (Å²) in [6, 6.07) is 26.8. The highest BCUT2D eigenvalue weighted by atomic mass is 32.2. The lowest BCUT2D eigenvalue weighted by atomic mass is 10.1. The molecule has 41 heavy (non-hydrogen) atoms. The third kappa shape index (κ3) is 8.38. The minimum Gasteiger partial charge on any atom is -0.478 e. The third-order valence-electron chi connectivity index (χ3n) is 5.61. The van der Waals surface area contributed by atoms with Crippen LogP contribution in [0, 0.1) is 5.82 Å². The highest BCUT2D eigenvalue weighted by molar-refractivity contribution is 8.00. The lowest BCUT2D eigenvalue weighted by Crippen LogP contribution is -2.30. The number of thioether (sulfide) groups is 1. The number of amides is 3. The Labute approximate surface area is 239 Å². The van der Waals surface area contributed by atoms with E-state index in [-0.39, 0.29) is 28.5 Å². The average Bonchev–Trinajstić information content (AvgIpc) is 2.97. The SMILES string of the molecule is O=C(CSc1cccc(NC(=O)/C(=C/c2ccccc2F)NC(=O)c2ccccc2)c1)Nc1ccc(C(=O)O)cc1. The highest BCUT2D eigenvalue weighted by Crippen LogP contribution is 2.23. The smallest absolute Gasteiger partial charge is 0.335 e. The van der Waals surface area contributed by atoms with Crippen LogP contribution in [0.3, 0.4) is 0 Å². The number of benzene rings is 4. The zero-order valence-corrected chi connectivity index (χ0v) is 22.3. The fraction of sp³-hybridized carbons (Fsp3) is 0.0323. The van der Waals surface area contributed by atoms with Crippen molar-refractivity contribution in [2.75, 3.05) is 16.4 Å². The van der Waals surface area contributed by atoms with E-state index in [2.05, 4.69) is 16.0 Å². The van der Waals surface area contributed by atoms with Crippen LogP contribution < -0.4 is 16.0 Å². The molecule has 0 heterocycles. The predicted molar refractivity (Wildman–Crippen MR) is 156 cm³/mol. The van der Waals surface area contributed by atoms with Gasteiger partial charge in [-0.25, -0.2) is 9.18 Å². The van der Waals surface area contributed by atoms with Gasteiger partial charge < -0.3 is 21.1 Å². The van der Waals surface area contributed by atoms with E-state index < -0.39 is 23.6 Å². The van der Waals surface area contributed by atoms with Crippen molar-refractivity contribution in [1.82, 2.24) is 5.32 Å². The molecule has 0 fully saturated rings. The second kappa shape index (κ2) is 13.7. The van der Waals surface area contributed by atoms with Crippen molar-refractivity contribution in [2.24, 2.45) is 0 Å². The van der Waals surface area contributed by atoms with Crippen LogP contribution in [0.25, 0.3) is 6.08 Å². The Morgan fingerprint density at radius 1 is 0.756 bits per heavy atom. The van der Waals surface area contributed by atoms with Gasteiger partial charge in [-0.1, -0.05) is 42.5 Å². The van der Waals surface area contributed by atoms with Gasteiger partial charge in [-0.05, 0) is 66.7 Å². The number of anilines is 2. The molecule has 0 aromatic heterocycles. The first-order chi connectivity index (χ1) is 19.8. The van der Waals surface area contributed by atoms with E-state index in [1.807, 2.05) is 0 Å². The molecular weight excluding hydrogens is 545 g/mol. The molecule has 4 aromatic carbocycles. The number of carboxylic acid groups (broad SMARTS) is 1. The average molecular weight is 570 g/mol. The minimum absolute atomic E-state index is 0.0592. The molecule has 3 amide bonds. The van der Waals surface area contributed by atoms with Crippen molar-refractivity contribution in [3.63, 3.8) is 0 Å². The van der Waals surface area contributed by atoms with Gasteiger partial charge in [0.1, 0.15) is 11.5 Å². The second-order valence-electron chi connectivity index (χ2n) is 8.60. The number of nitrogens with one attached hydrogen (secondary N) is 3. The number of hydrogen-bond acceptors (Lipinski definition) is 5. The van der Waals surface area contributed by atoms with Crippen LogP contribution in [0.15, 0.2) is 114 Å². The van der Waals surface area contributed by atoms with Gasteiger partial charge in [0.2, 0.25) is 5.91 Å². The summed E-state index contributed by atoms with van der Waals surface area (Å²) < 4.78 is 14.3. The zero-order chi connectivity index (χ0) is 29.2. The van der Waals surface area contributed by atoms with E-state index in [0.717, 1.165) is 0 Å². The lowest BCUT2D eigenvalue weighted by Gasteiger charge is -2.12. The minimum atomic E-state index is -1.06. The predicted octanol–water partition coefficient (Wildman–Crippen LogP) is 5.66. The summed E-state index contributed by atoms with van der Waals surface area (Å²) in [7, 11) is 0. The van der Waals surface area contributed by atoms with Gasteiger partial charge in [0.15, 0.2) is 0 Å². The van der Waals surface area contributed by atoms with Crippen LogP contribution in [0.5, 0.6) is 0 Å². The van der Waals surface area contributed by atoms with E-state index >= 15 is 0 Å². The Bertz CT molecular complexity index is 1610. The quantitative estimate of drug-likeness (QED) is 0.144. The van der Waals surface area contributed by atoms with Crippen LogP contribution in [0.2, 0.25) is 0 Å². The number of halogens is 1. The van der Waals surface area contributed by atoms with Crippen LogP contribution in [-0.2, 0) is 9.59 Å². The third-order valence-corrected chi connectivity index (χ3v) is 6.61. The molecular formula is C31H24FN3O5S. The maximum absolute atomic E-state index is 14.3. The van der Waals surface area contributed by atoms with Gasteiger partial charge in [0, 0.05) is 27.4 Å². The zero-order valence-electron chi connectivity index (χ0n) is 21.5. The van der Waals surface area contributed by atoms with E-state index in [0.29, 0.717) is 21.8 Å². The second-order valence-corrected chi connectivity index (χ2v) is 9.65. The Hall–Kier alpha value is -5.22. The molecule has 0 spiro atoms. The fourth-order valence-corrected chi connectivity index (χ4v) is 4.35. The molecule has 206 valence electrons. The molecule has 4 aromatic rings. The Balaban J connectivity index is 1.43. The first-order valence-electron chi connectivity index (χ1n) is 12.3. The lowest BCUT2D eigenvalue weighted by molar-refractivity contribution is -0.114. The number of aromatic carboxylic acids is 1. The highest BCUT2D eigenvalue weighted by Gasteiger charge is 2.16. The Morgan fingerprint density at radius 3 is 2.17 bits per heavy atom. The topological polar surface area (TPSA) is 125 Å². The summed E-state index contributed by atoms with van der Waals surface area (Å²) in [5.74, 6) is -3.05. The van der Waals surface area contributed by atoms with Gasteiger partial charge in [0.25, 0.3) is 11.8 Å². The standard InChI is InChI=1S/C31H24FN3O5S/c32-26-12-5-4-9-22(26)17-27(35-29(37)20-7-2-1-3-8-20)30(38)34-24-10-6-11-25(18-24)41-19-28(36)33-23-15-13-21(14-16-23)31(39)40/h1-18H,19H2,(H,33,36)(H,34,38)(H,35,37)(H,39,40)/b27-17-. The van der Waals surface area contributed by atoms with Gasteiger partial charge in [-0.15, -0.1) is 11.8 Å². The molecule has 4 rings (SSSR count). The van der Waals surface area contributed by atoms with Crippen molar-refractivity contribution >= 4 is 52.9 Å². The van der Waals surface area contributed by atoms with Gasteiger partial charge in [-0.2, -0.15) is 0 Å². The molecule has 10 heteroatoms. The normalized spacial score (nSPS) is 10.9. The summed E-state index contributed by atoms with van der Waals surface area (Å²) in [6.07, 6.45) is 1.26. The number of carbonyl (C=O) groups is 4. The maximum atomic E-state index is 14.3. The van der Waals surface area contributed by atoms with Crippen LogP contribution in [0.4, 0.5) is 15.8 Å². The molecule has 0 saturated heterocycles. The largest absolute Gasteiger partial charge is 0.478 e. The van der Waals surface area contributed by atoms with E-state index in [1.165, 1.54) is 60.3 Å². The van der Waals surface area contributed by atoms with Crippen LogP contribution >= 0.6 is 11.8 Å². The molecule has 0 atom stereocenters. The molecule has 0 aliphatic carbocycles. The van der Waals surface area contributed by atoms with Crippen molar-refractivity contribution in [3.05, 3.63) is 131 Å². The summed E-state index contributed by atoms with van der Waals surface area (Å²) >= 11 is 1.23. The first kappa shape index (κ1) is 28.8. The van der Waals surface area contributed by atoms with Gasteiger partial charge >= 0.3 is 5.97 Å². The Morgan fingerprint density at radius 2 is 1.46 bits per heavy atom. The molecule has 0 radical (unpaired) electrons. The van der Waals surface area contributed by atoms with Crippen molar-refractivity contribution in [3.8, 4) is 0 Å². The number of carbonyl (C=O) groups excluding carboxylic acids is 3. The van der Waals surface area contributed by atoms with Crippen molar-refractivity contribution in [2.45, 2.75) is 4.90 Å². The summed E-state index contributed by atoms with van der Waals surface area (Å²) in [6.45, 7) is 0. The summed E-state index contributed by atoms with van der Waals surface area (Å²) in [5.41, 5.74) is 1.28. The number of hydrogen-bond donors (Lipinski definition) is 4. The van der Waals surface area contributed by atoms with Crippen molar-refractivity contribution in [1.29, 1.82) is 0 Å². The van der Waals surface area contributed by atoms with Crippen LogP contribution in [0.1, 0.15) is 26.3 Å². The van der Waals surface area contributed by atoms with Crippen LogP contribution in [-0.4, -0.2) is 34.6 Å².